The fourth-order valence-corrected chi connectivity index (χ4v) is 3.59. The standard InChI is InChI=1S/C18H20N4O/c1-3-12-4-6-13(7-5-12)17-16-14(8-11(2)9-15(16)23)21-18-19-10-20-22(17)18/h4-7,10-11,17H,3,8-9H2,1-2H3,(H,19,20,21)/t11-,17-/m0/s1. The van der Waals surface area contributed by atoms with Crippen molar-refractivity contribution < 1.29 is 4.79 Å². The van der Waals surface area contributed by atoms with Gasteiger partial charge in [0.25, 0.3) is 0 Å². The van der Waals surface area contributed by atoms with Crippen LogP contribution >= 0.6 is 0 Å². The van der Waals surface area contributed by atoms with Crippen molar-refractivity contribution in [2.24, 2.45) is 5.92 Å². The maximum Gasteiger partial charge on any atom is 0.226 e. The predicted molar refractivity (Wildman–Crippen MR) is 88.0 cm³/mol. The molecule has 0 radical (unpaired) electrons. The second kappa shape index (κ2) is 5.33. The average Bonchev–Trinajstić information content (AvgIpc) is 3.00. The zero-order valence-corrected chi connectivity index (χ0v) is 13.4. The Morgan fingerprint density at radius 1 is 1.26 bits per heavy atom. The molecule has 118 valence electrons. The lowest BCUT2D eigenvalue weighted by atomic mass is 9.81. The Morgan fingerprint density at radius 2 is 2.04 bits per heavy atom. The van der Waals surface area contributed by atoms with Crippen LogP contribution in [0.1, 0.15) is 43.9 Å². The summed E-state index contributed by atoms with van der Waals surface area (Å²) in [6.45, 7) is 4.26. The van der Waals surface area contributed by atoms with Gasteiger partial charge in [-0.05, 0) is 29.9 Å². The van der Waals surface area contributed by atoms with Gasteiger partial charge in [0, 0.05) is 17.7 Å². The van der Waals surface area contributed by atoms with E-state index < -0.39 is 0 Å². The van der Waals surface area contributed by atoms with Gasteiger partial charge in [-0.25, -0.2) is 4.68 Å². The molecule has 1 aliphatic heterocycles. The maximum absolute atomic E-state index is 12.7. The van der Waals surface area contributed by atoms with Gasteiger partial charge in [-0.1, -0.05) is 38.1 Å². The van der Waals surface area contributed by atoms with Crippen LogP contribution in [0, 0.1) is 5.92 Å². The summed E-state index contributed by atoms with van der Waals surface area (Å²) in [6.07, 6.45) is 4.04. The third-order valence-electron chi connectivity index (χ3n) is 4.77. The SMILES string of the molecule is CCc1ccc([C@H]2C3=C(C[C@H](C)CC3=O)Nc3ncnn32)cc1. The molecule has 1 aromatic carbocycles. The average molecular weight is 308 g/mol. The molecule has 0 saturated carbocycles. The first-order valence-corrected chi connectivity index (χ1v) is 8.19. The summed E-state index contributed by atoms with van der Waals surface area (Å²) in [4.78, 5) is 17.0. The lowest BCUT2D eigenvalue weighted by molar-refractivity contribution is -0.117. The van der Waals surface area contributed by atoms with E-state index in [-0.39, 0.29) is 11.8 Å². The minimum Gasteiger partial charge on any atom is -0.328 e. The summed E-state index contributed by atoms with van der Waals surface area (Å²) in [5, 5.41) is 7.67. The van der Waals surface area contributed by atoms with Crippen molar-refractivity contribution in [2.45, 2.75) is 39.2 Å². The second-order valence-electron chi connectivity index (χ2n) is 6.48. The molecule has 0 saturated heterocycles. The number of ketones is 1. The first-order chi connectivity index (χ1) is 11.2. The fraction of sp³-hybridized carbons (Fsp3) is 0.389. The van der Waals surface area contributed by atoms with Gasteiger partial charge in [0.1, 0.15) is 12.4 Å². The molecule has 2 atom stereocenters. The molecule has 5 nitrogen and oxygen atoms in total. The van der Waals surface area contributed by atoms with Crippen LogP contribution in [0.4, 0.5) is 5.95 Å². The third-order valence-corrected chi connectivity index (χ3v) is 4.77. The number of allylic oxidation sites excluding steroid dienone is 2. The maximum atomic E-state index is 12.7. The van der Waals surface area contributed by atoms with Gasteiger partial charge in [0.2, 0.25) is 5.95 Å². The molecular formula is C18H20N4O. The Bertz CT molecular complexity index is 788. The number of aryl methyl sites for hydroxylation is 1. The number of aromatic nitrogens is 3. The molecule has 23 heavy (non-hydrogen) atoms. The first kappa shape index (κ1) is 14.2. The minimum absolute atomic E-state index is 0.172. The normalized spacial score (nSPS) is 23.3. The number of Topliss-reactive ketones (excluding diaryl/α,β-unsaturated/α-hetero) is 1. The monoisotopic (exact) mass is 308 g/mol. The van der Waals surface area contributed by atoms with Gasteiger partial charge in [-0.15, -0.1) is 0 Å². The van der Waals surface area contributed by atoms with E-state index >= 15 is 0 Å². The Hall–Kier alpha value is -2.43. The van der Waals surface area contributed by atoms with Gasteiger partial charge in [-0.2, -0.15) is 10.1 Å². The topological polar surface area (TPSA) is 59.8 Å². The number of hydrogen-bond acceptors (Lipinski definition) is 4. The van der Waals surface area contributed by atoms with Crippen LogP contribution in [-0.2, 0) is 11.2 Å². The second-order valence-corrected chi connectivity index (χ2v) is 6.48. The molecule has 0 amide bonds. The molecule has 4 rings (SSSR count). The number of benzene rings is 1. The predicted octanol–water partition coefficient (Wildman–Crippen LogP) is 3.11. The zero-order chi connectivity index (χ0) is 16.0. The van der Waals surface area contributed by atoms with Crippen LogP contribution in [0.25, 0.3) is 0 Å². The van der Waals surface area contributed by atoms with Crippen LogP contribution in [0.3, 0.4) is 0 Å². The van der Waals surface area contributed by atoms with Crippen molar-refractivity contribution in [3.8, 4) is 0 Å². The first-order valence-electron chi connectivity index (χ1n) is 8.19. The highest BCUT2D eigenvalue weighted by Crippen LogP contribution is 2.40. The van der Waals surface area contributed by atoms with E-state index in [4.69, 9.17) is 0 Å². The fourth-order valence-electron chi connectivity index (χ4n) is 3.59. The van der Waals surface area contributed by atoms with Crippen LogP contribution in [0.5, 0.6) is 0 Å². The number of nitrogens with one attached hydrogen (secondary N) is 1. The van der Waals surface area contributed by atoms with E-state index in [1.165, 1.54) is 5.56 Å². The Kier molecular flexibility index (Phi) is 3.29. The van der Waals surface area contributed by atoms with Crippen LogP contribution in [-0.4, -0.2) is 20.5 Å². The highest BCUT2D eigenvalue weighted by atomic mass is 16.1. The van der Waals surface area contributed by atoms with Crippen molar-refractivity contribution in [3.05, 3.63) is 53.0 Å². The number of rotatable bonds is 2. The Labute approximate surface area is 135 Å². The smallest absolute Gasteiger partial charge is 0.226 e. The molecular weight excluding hydrogens is 288 g/mol. The van der Waals surface area contributed by atoms with Crippen LogP contribution in [0.2, 0.25) is 0 Å². The quantitative estimate of drug-likeness (QED) is 0.926. The van der Waals surface area contributed by atoms with E-state index in [9.17, 15) is 4.79 Å². The largest absolute Gasteiger partial charge is 0.328 e. The molecule has 0 unspecified atom stereocenters. The van der Waals surface area contributed by atoms with Crippen molar-refractivity contribution in [1.82, 2.24) is 14.8 Å². The molecule has 0 spiro atoms. The molecule has 0 bridgehead atoms. The molecule has 1 aromatic heterocycles. The number of carbonyl (C=O) groups is 1. The molecule has 2 aromatic rings. The van der Waals surface area contributed by atoms with Gasteiger partial charge >= 0.3 is 0 Å². The van der Waals surface area contributed by atoms with E-state index in [0.29, 0.717) is 12.3 Å². The van der Waals surface area contributed by atoms with E-state index in [1.807, 2.05) is 4.68 Å². The van der Waals surface area contributed by atoms with Crippen molar-refractivity contribution in [3.63, 3.8) is 0 Å². The van der Waals surface area contributed by atoms with Crippen molar-refractivity contribution >= 4 is 11.7 Å². The van der Waals surface area contributed by atoms with Crippen molar-refractivity contribution in [2.75, 3.05) is 5.32 Å². The molecule has 0 fully saturated rings. The third kappa shape index (κ3) is 2.27. The highest BCUT2D eigenvalue weighted by Gasteiger charge is 2.37. The number of hydrogen-bond donors (Lipinski definition) is 1. The molecule has 2 aliphatic rings. The summed E-state index contributed by atoms with van der Waals surface area (Å²) in [5.41, 5.74) is 4.24. The summed E-state index contributed by atoms with van der Waals surface area (Å²) in [7, 11) is 0. The van der Waals surface area contributed by atoms with E-state index in [0.717, 1.165) is 35.6 Å². The van der Waals surface area contributed by atoms with Crippen LogP contribution in [0.15, 0.2) is 41.9 Å². The number of anilines is 1. The summed E-state index contributed by atoms with van der Waals surface area (Å²) in [6, 6.07) is 8.30. The van der Waals surface area contributed by atoms with Gasteiger partial charge in [-0.3, -0.25) is 4.79 Å². The van der Waals surface area contributed by atoms with E-state index in [2.05, 4.69) is 53.5 Å². The Morgan fingerprint density at radius 3 is 2.78 bits per heavy atom. The van der Waals surface area contributed by atoms with Gasteiger partial charge < -0.3 is 5.32 Å². The molecule has 1 N–H and O–H groups in total. The van der Waals surface area contributed by atoms with Gasteiger partial charge in [0.15, 0.2) is 5.78 Å². The molecule has 2 heterocycles. The number of nitrogens with zero attached hydrogens (tertiary/aromatic N) is 3. The van der Waals surface area contributed by atoms with Crippen molar-refractivity contribution in [1.29, 1.82) is 0 Å². The van der Waals surface area contributed by atoms with Crippen LogP contribution < -0.4 is 5.32 Å². The van der Waals surface area contributed by atoms with E-state index in [1.54, 1.807) is 6.33 Å². The zero-order valence-electron chi connectivity index (χ0n) is 13.4. The van der Waals surface area contributed by atoms with Gasteiger partial charge in [0.05, 0.1) is 0 Å². The molecule has 5 heteroatoms. The Balaban J connectivity index is 1.85. The summed E-state index contributed by atoms with van der Waals surface area (Å²) >= 11 is 0. The summed E-state index contributed by atoms with van der Waals surface area (Å²) < 4.78 is 1.83. The number of carbonyl (C=O) groups excluding carboxylic acids is 1. The highest BCUT2D eigenvalue weighted by molar-refractivity contribution is 5.99. The number of fused-ring (bicyclic) bond motifs is 1. The summed E-state index contributed by atoms with van der Waals surface area (Å²) in [5.74, 6) is 1.30. The molecule has 1 aliphatic carbocycles. The lowest BCUT2D eigenvalue weighted by Gasteiger charge is -2.34. The minimum atomic E-state index is -0.172. The lowest BCUT2D eigenvalue weighted by Crippen LogP contribution is -2.33.